The van der Waals surface area contributed by atoms with Gasteiger partial charge in [-0.25, -0.2) is 0 Å². The fraction of sp³-hybridized carbons (Fsp3) is 0.632. The van der Waals surface area contributed by atoms with Gasteiger partial charge in [0.25, 0.3) is 0 Å². The molecule has 1 saturated heterocycles. The molecule has 1 aromatic rings. The van der Waals surface area contributed by atoms with Crippen LogP contribution >= 0.6 is 0 Å². The minimum absolute atomic E-state index is 0.100. The highest BCUT2D eigenvalue weighted by Crippen LogP contribution is 2.68. The molecule has 2 heterocycles. The number of rotatable bonds is 1. The second-order valence-electron chi connectivity index (χ2n) is 7.93. The second kappa shape index (κ2) is 4.10. The Morgan fingerprint density at radius 1 is 1.35 bits per heavy atom. The quantitative estimate of drug-likeness (QED) is 0.797. The first-order valence-electron chi connectivity index (χ1n) is 8.63. The predicted octanol–water partition coefficient (Wildman–Crippen LogP) is 2.32. The van der Waals surface area contributed by atoms with E-state index in [1.807, 2.05) is 6.07 Å². The molecule has 1 aromatic carbocycles. The first kappa shape index (κ1) is 13.8. The summed E-state index contributed by atoms with van der Waals surface area (Å²) < 4.78 is 11.9. The van der Waals surface area contributed by atoms with Crippen LogP contribution in [0.15, 0.2) is 12.1 Å². The Bertz CT molecular complexity index is 730. The Labute approximate surface area is 136 Å². The lowest BCUT2D eigenvalue weighted by molar-refractivity contribution is -0.150. The van der Waals surface area contributed by atoms with Gasteiger partial charge in [0.05, 0.1) is 12.5 Å². The maximum Gasteiger partial charge on any atom is 0.174 e. The average molecular weight is 313 g/mol. The van der Waals surface area contributed by atoms with Gasteiger partial charge in [-0.15, -0.1) is 0 Å². The van der Waals surface area contributed by atoms with Crippen LogP contribution in [0, 0.1) is 5.41 Å². The number of carbonyl (C=O) groups excluding carboxylic acids is 1. The van der Waals surface area contributed by atoms with Crippen LogP contribution in [-0.4, -0.2) is 43.5 Å². The molecule has 23 heavy (non-hydrogen) atoms. The van der Waals surface area contributed by atoms with E-state index in [0.717, 1.165) is 37.3 Å². The summed E-state index contributed by atoms with van der Waals surface area (Å²) in [5.41, 5.74) is 2.59. The van der Waals surface area contributed by atoms with E-state index in [0.29, 0.717) is 12.5 Å². The lowest BCUT2D eigenvalue weighted by Gasteiger charge is -2.63. The van der Waals surface area contributed by atoms with E-state index in [4.69, 9.17) is 9.47 Å². The Morgan fingerprint density at radius 2 is 2.17 bits per heavy atom. The zero-order valence-electron chi connectivity index (χ0n) is 14.0. The second-order valence-corrected chi connectivity index (χ2v) is 7.93. The monoisotopic (exact) mass is 313 g/mol. The van der Waals surface area contributed by atoms with E-state index in [2.05, 4.69) is 24.9 Å². The summed E-state index contributed by atoms with van der Waals surface area (Å²) in [7, 11) is 3.92. The van der Waals surface area contributed by atoms with Crippen LogP contribution in [0.3, 0.4) is 0 Å². The number of ketones is 1. The lowest BCUT2D eigenvalue weighted by Crippen LogP contribution is -2.70. The van der Waals surface area contributed by atoms with Crippen LogP contribution in [0.5, 0.6) is 11.5 Å². The number of likely N-dealkylation sites (tertiary alicyclic amines) is 1. The number of carbonyl (C=O) groups is 1. The van der Waals surface area contributed by atoms with Gasteiger partial charge in [0.15, 0.2) is 23.4 Å². The first-order valence-corrected chi connectivity index (χ1v) is 8.63. The molecule has 4 atom stereocenters. The molecule has 2 fully saturated rings. The molecule has 2 aliphatic carbocycles. The topological polar surface area (TPSA) is 38.8 Å². The van der Waals surface area contributed by atoms with Crippen LogP contribution in [0.4, 0.5) is 0 Å². The van der Waals surface area contributed by atoms with Crippen LogP contribution in [-0.2, 0) is 16.6 Å². The van der Waals surface area contributed by atoms with Crippen molar-refractivity contribution in [3.05, 3.63) is 23.3 Å². The number of methoxy groups -OCH3 is 1. The van der Waals surface area contributed by atoms with Crippen LogP contribution in [0.2, 0.25) is 0 Å². The number of ether oxygens (including phenoxy) is 2. The van der Waals surface area contributed by atoms with Gasteiger partial charge in [0.1, 0.15) is 0 Å². The lowest BCUT2D eigenvalue weighted by atomic mass is 9.44. The summed E-state index contributed by atoms with van der Waals surface area (Å²) in [6, 6.07) is 4.68. The third kappa shape index (κ3) is 1.33. The number of Topliss-reactive ketones (excluding diaryl/α,β-unsaturated/α-hetero) is 1. The number of nitrogens with zero attached hydrogens (tertiary/aromatic N) is 1. The smallest absolute Gasteiger partial charge is 0.174 e. The van der Waals surface area contributed by atoms with Gasteiger partial charge >= 0.3 is 0 Å². The Morgan fingerprint density at radius 3 is 2.96 bits per heavy atom. The highest BCUT2D eigenvalue weighted by atomic mass is 16.5. The van der Waals surface area contributed by atoms with Gasteiger partial charge in [-0.05, 0) is 49.9 Å². The Kier molecular flexibility index (Phi) is 2.47. The van der Waals surface area contributed by atoms with Gasteiger partial charge in [-0.1, -0.05) is 13.0 Å². The van der Waals surface area contributed by atoms with Gasteiger partial charge in [-0.2, -0.15) is 0 Å². The van der Waals surface area contributed by atoms with Crippen molar-refractivity contribution in [2.24, 2.45) is 5.41 Å². The zero-order chi connectivity index (χ0) is 16.0. The minimum Gasteiger partial charge on any atom is -0.493 e. The normalized spacial score (nSPS) is 40.6. The summed E-state index contributed by atoms with van der Waals surface area (Å²) in [5.74, 6) is 1.90. The Balaban J connectivity index is 1.86. The SMILES string of the molecule is COc1ccc2c3c1OC1C(=O)CCC4(C)C(C2)N(C)CCC314. The summed E-state index contributed by atoms with van der Waals surface area (Å²) in [5, 5.41) is 0. The zero-order valence-corrected chi connectivity index (χ0v) is 14.0. The van der Waals surface area contributed by atoms with Crippen molar-refractivity contribution in [1.29, 1.82) is 0 Å². The third-order valence-corrected chi connectivity index (χ3v) is 7.30. The summed E-state index contributed by atoms with van der Waals surface area (Å²) in [4.78, 5) is 15.3. The van der Waals surface area contributed by atoms with Crippen molar-refractivity contribution >= 4 is 5.78 Å². The Hall–Kier alpha value is -1.55. The van der Waals surface area contributed by atoms with Gasteiger partial charge in [0.2, 0.25) is 0 Å². The van der Waals surface area contributed by atoms with E-state index in [9.17, 15) is 4.79 Å². The highest BCUT2D eigenvalue weighted by molar-refractivity contribution is 5.89. The fourth-order valence-electron chi connectivity index (χ4n) is 6.14. The fourth-order valence-corrected chi connectivity index (χ4v) is 6.14. The predicted molar refractivity (Wildman–Crippen MR) is 86.2 cm³/mol. The van der Waals surface area contributed by atoms with E-state index in [1.54, 1.807) is 7.11 Å². The van der Waals surface area contributed by atoms with Crippen molar-refractivity contribution in [2.75, 3.05) is 20.7 Å². The molecule has 0 amide bonds. The third-order valence-electron chi connectivity index (χ3n) is 7.30. The van der Waals surface area contributed by atoms with Crippen molar-refractivity contribution in [2.45, 2.75) is 50.2 Å². The number of likely N-dealkylation sites (N-methyl/N-ethyl adjacent to an activating group) is 1. The molecule has 4 nitrogen and oxygen atoms in total. The van der Waals surface area contributed by atoms with Crippen molar-refractivity contribution in [3.8, 4) is 11.5 Å². The molecule has 0 aromatic heterocycles. The van der Waals surface area contributed by atoms with Crippen molar-refractivity contribution < 1.29 is 14.3 Å². The maximum absolute atomic E-state index is 12.8. The summed E-state index contributed by atoms with van der Waals surface area (Å²) >= 11 is 0. The van der Waals surface area contributed by atoms with E-state index < -0.39 is 0 Å². The van der Waals surface area contributed by atoms with Crippen LogP contribution < -0.4 is 9.47 Å². The molecule has 4 heteroatoms. The minimum atomic E-state index is -0.317. The van der Waals surface area contributed by atoms with E-state index in [1.165, 1.54) is 11.1 Å². The molecule has 4 aliphatic rings. The van der Waals surface area contributed by atoms with E-state index in [-0.39, 0.29) is 22.7 Å². The van der Waals surface area contributed by atoms with Crippen molar-refractivity contribution in [1.82, 2.24) is 4.90 Å². The standard InChI is InChI=1S/C19H23NO3/c1-18-7-6-12(21)17-19(18)8-9-20(2)14(18)10-11-4-5-13(22-3)16(23-17)15(11)19/h4-5,14,17H,6-10H2,1-3H3. The molecule has 122 valence electrons. The van der Waals surface area contributed by atoms with Crippen molar-refractivity contribution in [3.63, 3.8) is 0 Å². The molecular formula is C19H23NO3. The molecule has 1 spiro atoms. The highest BCUT2D eigenvalue weighted by Gasteiger charge is 2.70. The van der Waals surface area contributed by atoms with Gasteiger partial charge in [-0.3, -0.25) is 4.79 Å². The number of piperidine rings is 1. The largest absolute Gasteiger partial charge is 0.493 e. The maximum atomic E-state index is 12.8. The van der Waals surface area contributed by atoms with Crippen LogP contribution in [0.1, 0.15) is 37.3 Å². The van der Waals surface area contributed by atoms with Gasteiger partial charge < -0.3 is 14.4 Å². The number of benzene rings is 1. The molecule has 2 aliphatic heterocycles. The first-order chi connectivity index (χ1) is 11.0. The van der Waals surface area contributed by atoms with Crippen LogP contribution in [0.25, 0.3) is 0 Å². The summed E-state index contributed by atoms with van der Waals surface area (Å²) in [6.45, 7) is 3.43. The molecule has 5 rings (SSSR count). The molecule has 4 unspecified atom stereocenters. The average Bonchev–Trinajstić information content (AvgIpc) is 2.90. The molecular weight excluding hydrogens is 290 g/mol. The molecule has 0 N–H and O–H groups in total. The van der Waals surface area contributed by atoms with Gasteiger partial charge in [0, 0.05) is 18.0 Å². The molecule has 2 bridgehead atoms. The molecule has 0 radical (unpaired) electrons. The summed E-state index contributed by atoms with van der Waals surface area (Å²) in [6.07, 6.45) is 3.34. The number of hydrogen-bond donors (Lipinski definition) is 0. The van der Waals surface area contributed by atoms with E-state index >= 15 is 0 Å². The number of hydrogen-bond acceptors (Lipinski definition) is 4. The molecule has 1 saturated carbocycles.